The van der Waals surface area contributed by atoms with Gasteiger partial charge in [-0.2, -0.15) is 0 Å². The molecule has 100 valence electrons. The van der Waals surface area contributed by atoms with E-state index >= 15 is 0 Å². The molecule has 0 aliphatic carbocycles. The predicted molar refractivity (Wildman–Crippen MR) is 68.0 cm³/mol. The zero-order valence-corrected chi connectivity index (χ0v) is 10.4. The van der Waals surface area contributed by atoms with Gasteiger partial charge in [-0.05, 0) is 42.5 Å². The number of anilines is 2. The van der Waals surface area contributed by atoms with E-state index in [1.165, 1.54) is 24.3 Å². The average molecular weight is 284 g/mol. The van der Waals surface area contributed by atoms with Crippen molar-refractivity contribution in [2.75, 3.05) is 10.5 Å². The molecule has 0 spiro atoms. The number of hydrogen-bond acceptors (Lipinski definition) is 3. The lowest BCUT2D eigenvalue weighted by Gasteiger charge is -2.09. The highest BCUT2D eigenvalue weighted by atomic mass is 32.2. The van der Waals surface area contributed by atoms with Crippen molar-refractivity contribution in [1.82, 2.24) is 0 Å². The molecule has 0 aromatic heterocycles. The third kappa shape index (κ3) is 3.00. The molecule has 0 saturated heterocycles. The van der Waals surface area contributed by atoms with Crippen molar-refractivity contribution < 1.29 is 17.2 Å². The van der Waals surface area contributed by atoms with Gasteiger partial charge < -0.3 is 5.73 Å². The summed E-state index contributed by atoms with van der Waals surface area (Å²) in [7, 11) is -4.19. The number of nitrogens with one attached hydrogen (secondary N) is 1. The van der Waals surface area contributed by atoms with Gasteiger partial charge >= 0.3 is 0 Å². The second kappa shape index (κ2) is 4.85. The molecule has 0 radical (unpaired) electrons. The van der Waals surface area contributed by atoms with Crippen LogP contribution in [0, 0.1) is 11.6 Å². The molecule has 0 bridgehead atoms. The molecule has 0 unspecified atom stereocenters. The highest BCUT2D eigenvalue weighted by Gasteiger charge is 2.19. The van der Waals surface area contributed by atoms with Gasteiger partial charge in [-0.25, -0.2) is 17.2 Å². The summed E-state index contributed by atoms with van der Waals surface area (Å²) in [5.74, 6) is -1.86. The van der Waals surface area contributed by atoms with Crippen LogP contribution in [0.5, 0.6) is 0 Å². The van der Waals surface area contributed by atoms with Gasteiger partial charge in [0.05, 0.1) is 0 Å². The van der Waals surface area contributed by atoms with E-state index in [0.717, 1.165) is 12.1 Å². The van der Waals surface area contributed by atoms with Crippen LogP contribution in [-0.2, 0) is 10.0 Å². The normalized spacial score (nSPS) is 11.3. The van der Waals surface area contributed by atoms with Crippen LogP contribution in [-0.4, -0.2) is 8.42 Å². The van der Waals surface area contributed by atoms with E-state index in [0.29, 0.717) is 11.8 Å². The van der Waals surface area contributed by atoms with Crippen molar-refractivity contribution in [3.63, 3.8) is 0 Å². The minimum Gasteiger partial charge on any atom is -0.399 e. The van der Waals surface area contributed by atoms with E-state index in [-0.39, 0.29) is 5.69 Å². The smallest absolute Gasteiger partial charge is 0.264 e. The summed E-state index contributed by atoms with van der Waals surface area (Å²) >= 11 is 0. The molecule has 2 rings (SSSR count). The van der Waals surface area contributed by atoms with Gasteiger partial charge in [0.2, 0.25) is 0 Å². The molecule has 7 heteroatoms. The third-order valence-electron chi connectivity index (χ3n) is 2.35. The molecule has 0 fully saturated rings. The fraction of sp³-hybridized carbons (Fsp3) is 0. The first kappa shape index (κ1) is 13.3. The topological polar surface area (TPSA) is 72.2 Å². The molecule has 0 atom stereocenters. The maximum absolute atomic E-state index is 13.4. The maximum Gasteiger partial charge on any atom is 0.264 e. The Morgan fingerprint density at radius 1 is 1.00 bits per heavy atom. The Hall–Kier alpha value is -2.15. The summed E-state index contributed by atoms with van der Waals surface area (Å²) in [6, 6.07) is 8.03. The Morgan fingerprint density at radius 2 is 1.63 bits per heavy atom. The zero-order chi connectivity index (χ0) is 14.0. The molecule has 4 nitrogen and oxygen atoms in total. The SMILES string of the molecule is Nc1ccc(NS(=O)(=O)c2cc(F)ccc2F)cc1. The molecule has 0 aliphatic heterocycles. The Labute approximate surface area is 108 Å². The molecule has 0 heterocycles. The van der Waals surface area contributed by atoms with Crippen LogP contribution in [0.2, 0.25) is 0 Å². The van der Waals surface area contributed by atoms with E-state index in [1.807, 2.05) is 0 Å². The zero-order valence-electron chi connectivity index (χ0n) is 9.60. The van der Waals surface area contributed by atoms with Crippen molar-refractivity contribution in [3.8, 4) is 0 Å². The summed E-state index contributed by atoms with van der Waals surface area (Å²) < 4.78 is 52.4. The van der Waals surface area contributed by atoms with Gasteiger partial charge in [0, 0.05) is 11.4 Å². The highest BCUT2D eigenvalue weighted by molar-refractivity contribution is 7.92. The number of nitrogens with two attached hydrogens (primary N) is 1. The first-order valence-electron chi connectivity index (χ1n) is 5.22. The van der Waals surface area contributed by atoms with Gasteiger partial charge in [0.15, 0.2) is 0 Å². The van der Waals surface area contributed by atoms with Crippen molar-refractivity contribution in [3.05, 3.63) is 54.1 Å². The first-order chi connectivity index (χ1) is 8.88. The number of halogens is 2. The molecular formula is C12H10F2N2O2S. The standard InChI is InChI=1S/C12H10F2N2O2S/c13-8-1-6-11(14)12(7-8)19(17,18)16-10-4-2-9(15)3-5-10/h1-7,16H,15H2. The van der Waals surface area contributed by atoms with Crippen LogP contribution >= 0.6 is 0 Å². The van der Waals surface area contributed by atoms with Gasteiger partial charge in [-0.15, -0.1) is 0 Å². The van der Waals surface area contributed by atoms with Crippen LogP contribution < -0.4 is 10.5 Å². The molecule has 0 amide bonds. The third-order valence-corrected chi connectivity index (χ3v) is 3.74. The number of sulfonamides is 1. The fourth-order valence-electron chi connectivity index (χ4n) is 1.44. The Morgan fingerprint density at radius 3 is 2.26 bits per heavy atom. The fourth-order valence-corrected chi connectivity index (χ4v) is 2.59. The molecule has 3 N–H and O–H groups in total. The molecule has 19 heavy (non-hydrogen) atoms. The second-order valence-electron chi connectivity index (χ2n) is 3.80. The van der Waals surface area contributed by atoms with Gasteiger partial charge in [0.25, 0.3) is 10.0 Å². The minimum atomic E-state index is -4.19. The Balaban J connectivity index is 2.37. The van der Waals surface area contributed by atoms with Crippen LogP contribution in [0.3, 0.4) is 0 Å². The minimum absolute atomic E-state index is 0.206. The molecule has 0 aliphatic rings. The van der Waals surface area contributed by atoms with E-state index in [9.17, 15) is 17.2 Å². The van der Waals surface area contributed by atoms with Crippen LogP contribution in [0.25, 0.3) is 0 Å². The van der Waals surface area contributed by atoms with Crippen LogP contribution in [0.4, 0.5) is 20.2 Å². The van der Waals surface area contributed by atoms with Crippen molar-refractivity contribution in [2.45, 2.75) is 4.90 Å². The molecule has 2 aromatic rings. The summed E-state index contributed by atoms with van der Waals surface area (Å²) in [5, 5.41) is 0. The van der Waals surface area contributed by atoms with Crippen molar-refractivity contribution >= 4 is 21.4 Å². The summed E-state index contributed by atoms with van der Waals surface area (Å²) in [5.41, 5.74) is 6.12. The summed E-state index contributed by atoms with van der Waals surface area (Å²) in [6.45, 7) is 0. The van der Waals surface area contributed by atoms with E-state index in [4.69, 9.17) is 5.73 Å². The summed E-state index contributed by atoms with van der Waals surface area (Å²) in [6.07, 6.45) is 0. The summed E-state index contributed by atoms with van der Waals surface area (Å²) in [4.78, 5) is -0.746. The number of nitrogen functional groups attached to an aromatic ring is 1. The van der Waals surface area contributed by atoms with E-state index < -0.39 is 26.6 Å². The van der Waals surface area contributed by atoms with E-state index in [1.54, 1.807) is 0 Å². The molecule has 0 saturated carbocycles. The first-order valence-corrected chi connectivity index (χ1v) is 6.70. The van der Waals surface area contributed by atoms with Crippen molar-refractivity contribution in [2.24, 2.45) is 0 Å². The van der Waals surface area contributed by atoms with Crippen LogP contribution in [0.1, 0.15) is 0 Å². The Bertz CT molecular complexity index is 700. The maximum atomic E-state index is 13.4. The predicted octanol–water partition coefficient (Wildman–Crippen LogP) is 2.35. The second-order valence-corrected chi connectivity index (χ2v) is 5.45. The Kier molecular flexibility index (Phi) is 3.39. The lowest BCUT2D eigenvalue weighted by molar-refractivity contribution is 0.555. The van der Waals surface area contributed by atoms with Gasteiger partial charge in [0.1, 0.15) is 16.5 Å². The van der Waals surface area contributed by atoms with Gasteiger partial charge in [-0.1, -0.05) is 0 Å². The molecular weight excluding hydrogens is 274 g/mol. The lowest BCUT2D eigenvalue weighted by atomic mass is 10.3. The quantitative estimate of drug-likeness (QED) is 0.850. The van der Waals surface area contributed by atoms with E-state index in [2.05, 4.69) is 4.72 Å². The van der Waals surface area contributed by atoms with Gasteiger partial charge in [-0.3, -0.25) is 4.72 Å². The number of benzene rings is 2. The number of rotatable bonds is 3. The number of hydrogen-bond donors (Lipinski definition) is 2. The average Bonchev–Trinajstić information content (AvgIpc) is 2.35. The monoisotopic (exact) mass is 284 g/mol. The van der Waals surface area contributed by atoms with Crippen LogP contribution in [0.15, 0.2) is 47.4 Å². The lowest BCUT2D eigenvalue weighted by Crippen LogP contribution is -2.14. The highest BCUT2D eigenvalue weighted by Crippen LogP contribution is 2.20. The molecule has 2 aromatic carbocycles. The largest absolute Gasteiger partial charge is 0.399 e. The van der Waals surface area contributed by atoms with Crippen molar-refractivity contribution in [1.29, 1.82) is 0 Å².